The summed E-state index contributed by atoms with van der Waals surface area (Å²) in [4.78, 5) is 11.2. The third-order valence-electron chi connectivity index (χ3n) is 4.88. The fourth-order valence-electron chi connectivity index (χ4n) is 3.10. The zero-order chi connectivity index (χ0) is 20.4. The topological polar surface area (TPSA) is 57.5 Å². The minimum Gasteiger partial charge on any atom is -0.356 e. The first-order valence-electron chi connectivity index (χ1n) is 10.2. The van der Waals surface area contributed by atoms with Gasteiger partial charge < -0.3 is 15.2 Å². The third-order valence-corrected chi connectivity index (χ3v) is 4.88. The average molecular weight is 512 g/mol. The van der Waals surface area contributed by atoms with Crippen molar-refractivity contribution in [1.82, 2.24) is 25.1 Å². The van der Waals surface area contributed by atoms with Gasteiger partial charge in [0.05, 0.1) is 6.54 Å². The predicted molar refractivity (Wildman–Crippen MR) is 133 cm³/mol. The summed E-state index contributed by atoms with van der Waals surface area (Å²) < 4.78 is 2.20. The summed E-state index contributed by atoms with van der Waals surface area (Å²) >= 11 is 0. The molecule has 0 radical (unpaired) electrons. The summed E-state index contributed by atoms with van der Waals surface area (Å²) in [6, 6.07) is 11.1. The van der Waals surface area contributed by atoms with Gasteiger partial charge in [-0.3, -0.25) is 9.89 Å². The molecule has 0 fully saturated rings. The molecule has 7 heteroatoms. The molecule has 0 bridgehead atoms. The van der Waals surface area contributed by atoms with Gasteiger partial charge in [0.1, 0.15) is 5.82 Å². The average Bonchev–Trinajstić information content (AvgIpc) is 3.11. The van der Waals surface area contributed by atoms with Gasteiger partial charge in [-0.05, 0) is 31.9 Å². The lowest BCUT2D eigenvalue weighted by molar-refractivity contribution is 0.238. The van der Waals surface area contributed by atoms with Crippen molar-refractivity contribution in [3.8, 4) is 0 Å². The van der Waals surface area contributed by atoms with Crippen molar-refractivity contribution in [2.45, 2.75) is 52.9 Å². The minimum atomic E-state index is 0. The van der Waals surface area contributed by atoms with E-state index in [1.165, 1.54) is 5.56 Å². The van der Waals surface area contributed by atoms with Gasteiger partial charge in [-0.15, -0.1) is 24.0 Å². The van der Waals surface area contributed by atoms with E-state index in [1.54, 1.807) is 7.05 Å². The Morgan fingerprint density at radius 2 is 1.90 bits per heavy atom. The van der Waals surface area contributed by atoms with E-state index in [0.717, 1.165) is 37.8 Å². The quantitative estimate of drug-likeness (QED) is 0.290. The molecule has 0 saturated heterocycles. The molecule has 6 nitrogen and oxygen atoms in total. The van der Waals surface area contributed by atoms with Crippen LogP contribution in [-0.2, 0) is 19.6 Å². The molecule has 2 rings (SSSR count). The van der Waals surface area contributed by atoms with Gasteiger partial charge in [-0.25, -0.2) is 4.98 Å². The summed E-state index contributed by atoms with van der Waals surface area (Å²) in [6.45, 7) is 10.2. The van der Waals surface area contributed by atoms with Crippen LogP contribution in [0.5, 0.6) is 0 Å². The van der Waals surface area contributed by atoms with Gasteiger partial charge in [0.25, 0.3) is 0 Å². The van der Waals surface area contributed by atoms with Gasteiger partial charge in [0.15, 0.2) is 5.96 Å². The van der Waals surface area contributed by atoms with Crippen LogP contribution >= 0.6 is 24.0 Å². The molecule has 1 unspecified atom stereocenters. The maximum Gasteiger partial charge on any atom is 0.191 e. The van der Waals surface area contributed by atoms with Crippen molar-refractivity contribution >= 4 is 29.9 Å². The van der Waals surface area contributed by atoms with Crippen LogP contribution in [0.15, 0.2) is 47.7 Å². The van der Waals surface area contributed by atoms with Crippen LogP contribution in [0.25, 0.3) is 0 Å². The van der Waals surface area contributed by atoms with Crippen molar-refractivity contribution < 1.29 is 0 Å². The van der Waals surface area contributed by atoms with Gasteiger partial charge >= 0.3 is 0 Å². The molecular weight excluding hydrogens is 475 g/mol. The van der Waals surface area contributed by atoms with Crippen LogP contribution in [0.4, 0.5) is 0 Å². The van der Waals surface area contributed by atoms with Crippen LogP contribution in [0.1, 0.15) is 38.6 Å². The second-order valence-electron chi connectivity index (χ2n) is 7.78. The fraction of sp³-hybridized carbons (Fsp3) is 0.545. The first-order valence-corrected chi connectivity index (χ1v) is 10.2. The third kappa shape index (κ3) is 9.16. The Bertz CT molecular complexity index is 713. The zero-order valence-corrected chi connectivity index (χ0v) is 20.8. The van der Waals surface area contributed by atoms with Crippen LogP contribution in [0.2, 0.25) is 0 Å². The SMILES string of the molecule is CN=C(NCCC(C)N(C)Cc1ccccc1)NCc1nccn1CC(C)C.I. The molecule has 1 atom stereocenters. The van der Waals surface area contributed by atoms with Crippen molar-refractivity contribution in [3.63, 3.8) is 0 Å². The lowest BCUT2D eigenvalue weighted by Crippen LogP contribution is -2.40. The van der Waals surface area contributed by atoms with Crippen LogP contribution in [-0.4, -0.2) is 47.1 Å². The van der Waals surface area contributed by atoms with Crippen molar-refractivity contribution in [2.24, 2.45) is 10.9 Å². The molecule has 0 saturated carbocycles. The molecule has 29 heavy (non-hydrogen) atoms. The van der Waals surface area contributed by atoms with E-state index >= 15 is 0 Å². The first-order chi connectivity index (χ1) is 13.5. The van der Waals surface area contributed by atoms with E-state index in [4.69, 9.17) is 0 Å². The lowest BCUT2D eigenvalue weighted by Gasteiger charge is -2.25. The monoisotopic (exact) mass is 512 g/mol. The van der Waals surface area contributed by atoms with Crippen LogP contribution < -0.4 is 10.6 Å². The number of guanidine groups is 1. The molecule has 162 valence electrons. The number of nitrogens with one attached hydrogen (secondary N) is 2. The van der Waals surface area contributed by atoms with E-state index in [0.29, 0.717) is 18.5 Å². The maximum absolute atomic E-state index is 4.46. The largest absolute Gasteiger partial charge is 0.356 e. The highest BCUT2D eigenvalue weighted by molar-refractivity contribution is 14.0. The summed E-state index contributed by atoms with van der Waals surface area (Å²) in [6.07, 6.45) is 4.95. The zero-order valence-electron chi connectivity index (χ0n) is 18.4. The number of nitrogens with zero attached hydrogens (tertiary/aromatic N) is 4. The van der Waals surface area contributed by atoms with Gasteiger partial charge in [0, 0.05) is 45.1 Å². The number of hydrogen-bond donors (Lipinski definition) is 2. The van der Waals surface area contributed by atoms with E-state index in [9.17, 15) is 0 Å². The first kappa shape index (κ1) is 25.4. The molecule has 2 aromatic rings. The van der Waals surface area contributed by atoms with Crippen LogP contribution in [0, 0.1) is 5.92 Å². The summed E-state index contributed by atoms with van der Waals surface area (Å²) in [5.74, 6) is 2.45. The molecule has 0 aliphatic heterocycles. The highest BCUT2D eigenvalue weighted by Crippen LogP contribution is 2.08. The van der Waals surface area contributed by atoms with Crippen LogP contribution in [0.3, 0.4) is 0 Å². The van der Waals surface area contributed by atoms with Crippen molar-refractivity contribution in [3.05, 3.63) is 54.1 Å². The second-order valence-corrected chi connectivity index (χ2v) is 7.78. The summed E-state index contributed by atoms with van der Waals surface area (Å²) in [5.41, 5.74) is 1.35. The molecule has 0 amide bonds. The molecule has 0 aliphatic carbocycles. The highest BCUT2D eigenvalue weighted by atomic mass is 127. The smallest absolute Gasteiger partial charge is 0.191 e. The fourth-order valence-corrected chi connectivity index (χ4v) is 3.10. The van der Waals surface area contributed by atoms with Crippen molar-refractivity contribution in [1.29, 1.82) is 0 Å². The van der Waals surface area contributed by atoms with Gasteiger partial charge in [-0.2, -0.15) is 0 Å². The standard InChI is InChI=1S/C22H36N6.HI/c1-18(2)16-28-14-13-24-21(28)15-26-22(23-4)25-12-11-19(3)27(5)17-20-9-7-6-8-10-20;/h6-10,13-14,18-19H,11-12,15-17H2,1-5H3,(H2,23,25,26);1H. The van der Waals surface area contributed by atoms with E-state index < -0.39 is 0 Å². The van der Waals surface area contributed by atoms with E-state index in [-0.39, 0.29) is 24.0 Å². The Hall–Kier alpha value is -1.61. The Morgan fingerprint density at radius 3 is 2.55 bits per heavy atom. The summed E-state index contributed by atoms with van der Waals surface area (Å²) in [7, 11) is 3.99. The number of hydrogen-bond acceptors (Lipinski definition) is 3. The highest BCUT2D eigenvalue weighted by Gasteiger charge is 2.10. The number of aliphatic imine (C=N–C) groups is 1. The molecule has 2 N–H and O–H groups in total. The van der Waals surface area contributed by atoms with Gasteiger partial charge in [0.2, 0.25) is 0 Å². The normalized spacial score (nSPS) is 12.7. The Kier molecular flexibility index (Phi) is 11.9. The molecule has 1 heterocycles. The van der Waals surface area contributed by atoms with Gasteiger partial charge in [-0.1, -0.05) is 44.2 Å². The predicted octanol–water partition coefficient (Wildman–Crippen LogP) is 3.73. The molecule has 0 aliphatic rings. The Morgan fingerprint density at radius 1 is 1.17 bits per heavy atom. The van der Waals surface area contributed by atoms with Crippen molar-refractivity contribution in [2.75, 3.05) is 20.6 Å². The number of imidazole rings is 1. The maximum atomic E-state index is 4.46. The number of rotatable bonds is 10. The minimum absolute atomic E-state index is 0. The molecule has 0 spiro atoms. The molecule has 1 aromatic carbocycles. The van der Waals surface area contributed by atoms with E-state index in [2.05, 4.69) is 88.2 Å². The molecular formula is C22H37IN6. The number of aromatic nitrogens is 2. The molecule has 1 aromatic heterocycles. The number of halogens is 1. The van der Waals surface area contributed by atoms with E-state index in [1.807, 2.05) is 12.4 Å². The Labute approximate surface area is 193 Å². The number of benzene rings is 1. The summed E-state index contributed by atoms with van der Waals surface area (Å²) in [5, 5.41) is 6.79. The Balaban J connectivity index is 0.00000420. The lowest BCUT2D eigenvalue weighted by atomic mass is 10.1. The second kappa shape index (κ2) is 13.6.